The first-order valence-electron chi connectivity index (χ1n) is 6.45. The maximum Gasteiger partial charge on any atom is 0.269 e. The fourth-order valence-electron chi connectivity index (χ4n) is 1.86. The minimum atomic E-state index is -0.450. The van der Waals surface area contributed by atoms with E-state index < -0.39 is 5.91 Å². The Hall–Kier alpha value is -2.82. The molecule has 0 fully saturated rings. The minimum absolute atomic E-state index is 0.0750. The van der Waals surface area contributed by atoms with Crippen molar-refractivity contribution in [1.29, 1.82) is 0 Å². The second kappa shape index (κ2) is 6.09. The number of aryl methyl sites for hydroxylation is 1. The average Bonchev–Trinajstić information content (AvgIpc) is 2.48. The van der Waals surface area contributed by atoms with E-state index in [0.29, 0.717) is 11.1 Å². The summed E-state index contributed by atoms with van der Waals surface area (Å²) >= 11 is 0. The van der Waals surface area contributed by atoms with Gasteiger partial charge in [-0.2, -0.15) is 0 Å². The molecule has 0 aromatic heterocycles. The third-order valence-electron chi connectivity index (χ3n) is 3.27. The van der Waals surface area contributed by atoms with Crippen molar-refractivity contribution in [3.8, 4) is 5.75 Å². The lowest BCUT2D eigenvalue weighted by Crippen LogP contribution is -2.41. The number of hydrogen-bond donors (Lipinski definition) is 3. The van der Waals surface area contributed by atoms with Crippen LogP contribution in [0.5, 0.6) is 5.75 Å². The minimum Gasteiger partial charge on any atom is -0.508 e. The molecule has 2 aromatic rings. The molecule has 0 spiro atoms. The smallest absolute Gasteiger partial charge is 0.269 e. The van der Waals surface area contributed by atoms with Crippen LogP contribution in [0.3, 0.4) is 0 Å². The molecule has 5 nitrogen and oxygen atoms in total. The number of benzene rings is 2. The highest BCUT2D eigenvalue weighted by atomic mass is 16.3. The van der Waals surface area contributed by atoms with Crippen LogP contribution >= 0.6 is 0 Å². The topological polar surface area (TPSA) is 78.4 Å². The molecule has 0 bridgehead atoms. The molecule has 2 aromatic carbocycles. The van der Waals surface area contributed by atoms with Crippen molar-refractivity contribution in [2.45, 2.75) is 13.8 Å². The van der Waals surface area contributed by atoms with Crippen molar-refractivity contribution in [3.05, 3.63) is 64.7 Å². The van der Waals surface area contributed by atoms with Crippen LogP contribution in [0.4, 0.5) is 0 Å². The second-order valence-electron chi connectivity index (χ2n) is 4.70. The molecule has 5 heteroatoms. The lowest BCUT2D eigenvalue weighted by atomic mass is 10.0. The van der Waals surface area contributed by atoms with Gasteiger partial charge in [0.15, 0.2) is 0 Å². The van der Waals surface area contributed by atoms with Crippen molar-refractivity contribution in [2.75, 3.05) is 0 Å². The Morgan fingerprint density at radius 1 is 0.905 bits per heavy atom. The summed E-state index contributed by atoms with van der Waals surface area (Å²) in [6.45, 7) is 3.77. The van der Waals surface area contributed by atoms with E-state index in [-0.39, 0.29) is 11.7 Å². The molecule has 3 N–H and O–H groups in total. The highest BCUT2D eigenvalue weighted by Gasteiger charge is 2.11. The normalized spacial score (nSPS) is 10.0. The Labute approximate surface area is 122 Å². The molecule has 0 saturated heterocycles. The zero-order valence-electron chi connectivity index (χ0n) is 11.8. The number of hydrogen-bond acceptors (Lipinski definition) is 3. The summed E-state index contributed by atoms with van der Waals surface area (Å²) in [6.07, 6.45) is 0. The van der Waals surface area contributed by atoms with Crippen LogP contribution in [-0.2, 0) is 0 Å². The van der Waals surface area contributed by atoms with E-state index in [2.05, 4.69) is 10.9 Å². The molecule has 0 aliphatic rings. The molecule has 0 unspecified atom stereocenters. The molecule has 0 atom stereocenters. The number of aromatic hydroxyl groups is 1. The van der Waals surface area contributed by atoms with E-state index in [1.165, 1.54) is 24.3 Å². The van der Waals surface area contributed by atoms with Crippen LogP contribution in [0.2, 0.25) is 0 Å². The fourth-order valence-corrected chi connectivity index (χ4v) is 1.86. The van der Waals surface area contributed by atoms with Gasteiger partial charge >= 0.3 is 0 Å². The largest absolute Gasteiger partial charge is 0.508 e. The predicted molar refractivity (Wildman–Crippen MR) is 79.0 cm³/mol. The molecule has 2 amide bonds. The zero-order chi connectivity index (χ0) is 15.4. The molecule has 0 saturated carbocycles. The van der Waals surface area contributed by atoms with Crippen LogP contribution in [0.1, 0.15) is 31.8 Å². The van der Waals surface area contributed by atoms with E-state index in [0.717, 1.165) is 11.1 Å². The maximum atomic E-state index is 12.0. The van der Waals surface area contributed by atoms with Gasteiger partial charge in [0.2, 0.25) is 0 Å². The monoisotopic (exact) mass is 284 g/mol. The molecular weight excluding hydrogens is 268 g/mol. The number of amides is 2. The van der Waals surface area contributed by atoms with Gasteiger partial charge in [0.05, 0.1) is 0 Å². The Morgan fingerprint density at radius 3 is 2.19 bits per heavy atom. The summed E-state index contributed by atoms with van der Waals surface area (Å²) < 4.78 is 0. The number of carbonyl (C=O) groups is 2. The fraction of sp³-hybridized carbons (Fsp3) is 0.125. The molecule has 21 heavy (non-hydrogen) atoms. The Balaban J connectivity index is 2.02. The van der Waals surface area contributed by atoms with Crippen molar-refractivity contribution in [2.24, 2.45) is 0 Å². The quantitative estimate of drug-likeness (QED) is 0.739. The molecule has 0 aliphatic heterocycles. The van der Waals surface area contributed by atoms with E-state index in [4.69, 9.17) is 5.11 Å². The van der Waals surface area contributed by atoms with Crippen molar-refractivity contribution < 1.29 is 14.7 Å². The first-order chi connectivity index (χ1) is 9.99. The van der Waals surface area contributed by atoms with Crippen LogP contribution in [0.25, 0.3) is 0 Å². The van der Waals surface area contributed by atoms with Crippen molar-refractivity contribution >= 4 is 11.8 Å². The van der Waals surface area contributed by atoms with E-state index in [1.54, 1.807) is 12.1 Å². The van der Waals surface area contributed by atoms with E-state index in [9.17, 15) is 9.59 Å². The average molecular weight is 284 g/mol. The van der Waals surface area contributed by atoms with Crippen LogP contribution in [0, 0.1) is 13.8 Å². The van der Waals surface area contributed by atoms with Crippen LogP contribution < -0.4 is 10.9 Å². The third-order valence-corrected chi connectivity index (χ3v) is 3.27. The number of carbonyl (C=O) groups excluding carboxylic acids is 2. The summed E-state index contributed by atoms with van der Waals surface area (Å²) in [4.78, 5) is 23.9. The molecule has 0 heterocycles. The summed E-state index contributed by atoms with van der Waals surface area (Å²) in [5.41, 5.74) is 7.45. The van der Waals surface area contributed by atoms with Gasteiger partial charge in [-0.1, -0.05) is 12.1 Å². The van der Waals surface area contributed by atoms with Gasteiger partial charge in [-0.25, -0.2) is 0 Å². The number of nitrogens with one attached hydrogen (secondary N) is 2. The predicted octanol–water partition coefficient (Wildman–Crippen LogP) is 2.08. The lowest BCUT2D eigenvalue weighted by molar-refractivity contribution is 0.0846. The SMILES string of the molecule is Cc1cccc(C(=O)NNC(=O)c2ccc(O)cc2)c1C. The highest BCUT2D eigenvalue weighted by molar-refractivity contribution is 5.99. The Kier molecular flexibility index (Phi) is 4.23. The third kappa shape index (κ3) is 3.39. The van der Waals surface area contributed by atoms with Gasteiger partial charge in [-0.15, -0.1) is 0 Å². The molecule has 0 aliphatic carbocycles. The van der Waals surface area contributed by atoms with Crippen LogP contribution in [0.15, 0.2) is 42.5 Å². The van der Waals surface area contributed by atoms with Gasteiger partial charge in [-0.3, -0.25) is 20.4 Å². The standard InChI is InChI=1S/C16H16N2O3/c1-10-4-3-5-14(11(10)2)16(21)18-17-15(20)12-6-8-13(19)9-7-12/h3-9,19H,1-2H3,(H,17,20)(H,18,21). The number of hydrazine groups is 1. The molecule has 108 valence electrons. The number of phenolic OH excluding ortho intramolecular Hbond substituents is 1. The lowest BCUT2D eigenvalue weighted by Gasteiger charge is -2.10. The number of phenols is 1. The Bertz CT molecular complexity index is 678. The zero-order valence-corrected chi connectivity index (χ0v) is 11.8. The van der Waals surface area contributed by atoms with Gasteiger partial charge in [-0.05, 0) is 55.3 Å². The number of rotatable bonds is 2. The van der Waals surface area contributed by atoms with Crippen LogP contribution in [-0.4, -0.2) is 16.9 Å². The van der Waals surface area contributed by atoms with E-state index in [1.807, 2.05) is 19.9 Å². The first-order valence-corrected chi connectivity index (χ1v) is 6.45. The summed E-state index contributed by atoms with van der Waals surface area (Å²) in [5.74, 6) is -0.747. The Morgan fingerprint density at radius 2 is 1.52 bits per heavy atom. The van der Waals surface area contributed by atoms with Crippen molar-refractivity contribution in [1.82, 2.24) is 10.9 Å². The summed E-state index contributed by atoms with van der Waals surface area (Å²) in [7, 11) is 0. The van der Waals surface area contributed by atoms with E-state index >= 15 is 0 Å². The highest BCUT2D eigenvalue weighted by Crippen LogP contribution is 2.12. The molecule has 0 radical (unpaired) electrons. The second-order valence-corrected chi connectivity index (χ2v) is 4.70. The van der Waals surface area contributed by atoms with Crippen molar-refractivity contribution in [3.63, 3.8) is 0 Å². The maximum absolute atomic E-state index is 12.0. The van der Waals surface area contributed by atoms with Gasteiger partial charge in [0.25, 0.3) is 11.8 Å². The molecular formula is C16H16N2O3. The van der Waals surface area contributed by atoms with Gasteiger partial charge in [0.1, 0.15) is 5.75 Å². The van der Waals surface area contributed by atoms with Gasteiger partial charge in [0, 0.05) is 11.1 Å². The summed E-state index contributed by atoms with van der Waals surface area (Å²) in [5, 5.41) is 9.16. The summed E-state index contributed by atoms with van der Waals surface area (Å²) in [6, 6.07) is 11.1. The van der Waals surface area contributed by atoms with Gasteiger partial charge < -0.3 is 5.11 Å². The molecule has 2 rings (SSSR count). The first kappa shape index (κ1) is 14.6.